The van der Waals surface area contributed by atoms with Crippen molar-refractivity contribution in [2.45, 2.75) is 24.4 Å². The van der Waals surface area contributed by atoms with Crippen LogP contribution in [0.25, 0.3) is 0 Å². The predicted molar refractivity (Wildman–Crippen MR) is 54.4 cm³/mol. The number of rotatable bonds is 3. The Morgan fingerprint density at radius 2 is 1.88 bits per heavy atom. The van der Waals surface area contributed by atoms with E-state index in [0.717, 1.165) is 0 Å². The third-order valence-corrected chi connectivity index (χ3v) is 3.92. The van der Waals surface area contributed by atoms with Crippen LogP contribution >= 0.6 is 0 Å². The van der Waals surface area contributed by atoms with Crippen LogP contribution in [0.15, 0.2) is 21.8 Å². The molecule has 0 aromatic carbocycles. The quantitative estimate of drug-likeness (QED) is 0.905. The lowest BCUT2D eigenvalue weighted by Gasteiger charge is -2.07. The number of pyridine rings is 1. The van der Waals surface area contributed by atoms with Gasteiger partial charge in [0, 0.05) is 0 Å². The number of sulfone groups is 1. The minimum atomic E-state index is -4.70. The monoisotopic (exact) mass is 269 g/mol. The van der Waals surface area contributed by atoms with Crippen molar-refractivity contribution in [3.63, 3.8) is 0 Å². The second-order valence-corrected chi connectivity index (χ2v) is 5.46. The van der Waals surface area contributed by atoms with Gasteiger partial charge in [0.25, 0.3) is 5.56 Å². The summed E-state index contributed by atoms with van der Waals surface area (Å²) in [5.74, 6) is -0.276. The molecule has 0 fully saturated rings. The zero-order chi connectivity index (χ0) is 13.3. The lowest BCUT2D eigenvalue weighted by Crippen LogP contribution is -2.23. The largest absolute Gasteiger partial charge is 0.431 e. The number of alkyl halides is 3. The smallest absolute Gasteiger partial charge is 0.317 e. The molecule has 1 aromatic rings. The third kappa shape index (κ3) is 3.09. The van der Waals surface area contributed by atoms with Crippen molar-refractivity contribution in [2.24, 2.45) is 0 Å². The average Bonchev–Trinajstić information content (AvgIpc) is 2.15. The van der Waals surface area contributed by atoms with Crippen molar-refractivity contribution in [3.05, 3.63) is 28.2 Å². The summed E-state index contributed by atoms with van der Waals surface area (Å²) >= 11 is 0. The first-order chi connectivity index (χ1) is 7.68. The number of hydrogen-bond acceptors (Lipinski definition) is 3. The molecule has 1 rings (SSSR count). The van der Waals surface area contributed by atoms with Gasteiger partial charge >= 0.3 is 6.18 Å². The van der Waals surface area contributed by atoms with E-state index < -0.39 is 32.2 Å². The Hall–Kier alpha value is -1.31. The molecule has 17 heavy (non-hydrogen) atoms. The van der Waals surface area contributed by atoms with Crippen molar-refractivity contribution < 1.29 is 21.6 Å². The maximum Gasteiger partial charge on any atom is 0.431 e. The zero-order valence-electron chi connectivity index (χ0n) is 8.84. The van der Waals surface area contributed by atoms with Crippen LogP contribution in [0, 0.1) is 0 Å². The topological polar surface area (TPSA) is 67.0 Å². The third-order valence-electron chi connectivity index (χ3n) is 1.99. The predicted octanol–water partition coefficient (Wildman–Crippen LogP) is 1.58. The summed E-state index contributed by atoms with van der Waals surface area (Å²) in [6, 6.07) is 1.23. The molecule has 0 aliphatic carbocycles. The molecule has 0 aliphatic heterocycles. The van der Waals surface area contributed by atoms with Gasteiger partial charge < -0.3 is 4.98 Å². The first-order valence-electron chi connectivity index (χ1n) is 4.71. The molecule has 0 amide bonds. The number of aromatic nitrogens is 1. The number of hydrogen-bond donors (Lipinski definition) is 1. The van der Waals surface area contributed by atoms with Crippen molar-refractivity contribution in [1.29, 1.82) is 0 Å². The Balaban J connectivity index is 3.30. The van der Waals surface area contributed by atoms with Gasteiger partial charge in [-0.15, -0.1) is 0 Å². The summed E-state index contributed by atoms with van der Waals surface area (Å²) in [7, 11) is -3.81. The second kappa shape index (κ2) is 4.52. The summed E-state index contributed by atoms with van der Waals surface area (Å²) in [4.78, 5) is 12.2. The van der Waals surface area contributed by atoms with E-state index in [-0.39, 0.29) is 12.2 Å². The highest BCUT2D eigenvalue weighted by molar-refractivity contribution is 7.91. The molecule has 0 spiro atoms. The minimum absolute atomic E-state index is 0.276. The summed E-state index contributed by atoms with van der Waals surface area (Å²) in [5, 5.41) is 0. The second-order valence-electron chi connectivity index (χ2n) is 3.38. The van der Waals surface area contributed by atoms with E-state index in [2.05, 4.69) is 0 Å². The van der Waals surface area contributed by atoms with Crippen LogP contribution in [-0.4, -0.2) is 19.2 Å². The Kier molecular flexibility index (Phi) is 3.65. The van der Waals surface area contributed by atoms with Crippen LogP contribution in [0.4, 0.5) is 13.2 Å². The van der Waals surface area contributed by atoms with E-state index in [4.69, 9.17) is 0 Å². The van der Waals surface area contributed by atoms with Crippen molar-refractivity contribution in [1.82, 2.24) is 4.98 Å². The Morgan fingerprint density at radius 1 is 1.29 bits per heavy atom. The van der Waals surface area contributed by atoms with E-state index in [0.29, 0.717) is 12.1 Å². The highest BCUT2D eigenvalue weighted by Gasteiger charge is 2.32. The van der Waals surface area contributed by atoms with Crippen LogP contribution in [0.5, 0.6) is 0 Å². The molecule has 0 radical (unpaired) electrons. The molecule has 1 heterocycles. The number of H-pyrrole nitrogens is 1. The van der Waals surface area contributed by atoms with Gasteiger partial charge in [-0.05, 0) is 18.6 Å². The van der Waals surface area contributed by atoms with Gasteiger partial charge in [-0.3, -0.25) is 4.79 Å². The van der Waals surface area contributed by atoms with E-state index in [1.54, 1.807) is 6.92 Å². The normalized spacial score (nSPS) is 12.7. The Labute approximate surface area is 95.4 Å². The fourth-order valence-corrected chi connectivity index (χ4v) is 2.62. The van der Waals surface area contributed by atoms with Crippen LogP contribution in [-0.2, 0) is 16.0 Å². The summed E-state index contributed by atoms with van der Waals surface area (Å²) in [6.45, 7) is 1.59. The SMILES string of the molecule is CCCS(=O)(=O)c1ccc(C(F)(F)F)[nH]c1=O. The highest BCUT2D eigenvalue weighted by atomic mass is 32.2. The van der Waals surface area contributed by atoms with Gasteiger partial charge in [0.05, 0.1) is 5.75 Å². The van der Waals surface area contributed by atoms with Crippen molar-refractivity contribution in [3.8, 4) is 0 Å². The molecule has 4 nitrogen and oxygen atoms in total. The van der Waals surface area contributed by atoms with Gasteiger partial charge in [0.1, 0.15) is 10.6 Å². The lowest BCUT2D eigenvalue weighted by atomic mass is 10.3. The van der Waals surface area contributed by atoms with Gasteiger partial charge in [0.15, 0.2) is 9.84 Å². The summed E-state index contributed by atoms with van der Waals surface area (Å²) in [6.07, 6.45) is -4.42. The number of nitrogens with one attached hydrogen (secondary N) is 1. The van der Waals surface area contributed by atoms with Crippen LogP contribution in [0.1, 0.15) is 19.0 Å². The van der Waals surface area contributed by atoms with Crippen molar-refractivity contribution in [2.75, 3.05) is 5.75 Å². The molecule has 0 bridgehead atoms. The van der Waals surface area contributed by atoms with Gasteiger partial charge in [0.2, 0.25) is 0 Å². The van der Waals surface area contributed by atoms with Gasteiger partial charge in [-0.25, -0.2) is 8.42 Å². The van der Waals surface area contributed by atoms with E-state index in [1.807, 2.05) is 0 Å². The lowest BCUT2D eigenvalue weighted by molar-refractivity contribution is -0.141. The molecule has 96 valence electrons. The molecular weight excluding hydrogens is 259 g/mol. The first-order valence-corrected chi connectivity index (χ1v) is 6.37. The molecular formula is C9H10F3NO3S. The molecule has 0 saturated carbocycles. The van der Waals surface area contributed by atoms with Gasteiger partial charge in [-0.2, -0.15) is 13.2 Å². The van der Waals surface area contributed by atoms with Gasteiger partial charge in [-0.1, -0.05) is 6.92 Å². The molecule has 1 N–H and O–H groups in total. The number of halogens is 3. The molecule has 1 aromatic heterocycles. The van der Waals surface area contributed by atoms with E-state index in [9.17, 15) is 26.4 Å². The van der Waals surface area contributed by atoms with Crippen molar-refractivity contribution >= 4 is 9.84 Å². The summed E-state index contributed by atoms with van der Waals surface area (Å²) in [5.41, 5.74) is -2.51. The molecule has 0 aliphatic rings. The van der Waals surface area contributed by atoms with Crippen LogP contribution < -0.4 is 5.56 Å². The first kappa shape index (κ1) is 13.8. The highest BCUT2D eigenvalue weighted by Crippen LogP contribution is 2.26. The fourth-order valence-electron chi connectivity index (χ4n) is 1.25. The molecule has 0 atom stereocenters. The molecule has 0 saturated heterocycles. The minimum Gasteiger partial charge on any atom is -0.317 e. The average molecular weight is 269 g/mol. The van der Waals surface area contributed by atoms with E-state index in [1.165, 1.54) is 4.98 Å². The van der Waals surface area contributed by atoms with E-state index >= 15 is 0 Å². The Morgan fingerprint density at radius 3 is 2.29 bits per heavy atom. The van der Waals surface area contributed by atoms with Crippen LogP contribution in [0.3, 0.4) is 0 Å². The molecule has 8 heteroatoms. The maximum absolute atomic E-state index is 12.2. The Bertz CT molecular complexity index is 560. The fraction of sp³-hybridized carbons (Fsp3) is 0.444. The zero-order valence-corrected chi connectivity index (χ0v) is 9.65. The molecule has 0 unspecified atom stereocenters. The van der Waals surface area contributed by atoms with Crippen LogP contribution in [0.2, 0.25) is 0 Å². The number of aromatic amines is 1. The summed E-state index contributed by atoms with van der Waals surface area (Å²) < 4.78 is 59.7. The standard InChI is InChI=1S/C9H10F3NO3S/c1-2-5-17(15,16)6-3-4-7(9(10,11)12)13-8(6)14/h3-4H,2,5H2,1H3,(H,13,14). The maximum atomic E-state index is 12.2.